The summed E-state index contributed by atoms with van der Waals surface area (Å²) in [4.78, 5) is 23.0. The zero-order valence-electron chi connectivity index (χ0n) is 12.3. The molecule has 0 atom stereocenters. The number of benzene rings is 2. The minimum atomic E-state index is -0.929. The lowest BCUT2D eigenvalue weighted by molar-refractivity contribution is 0.0989. The monoisotopic (exact) mass is 333 g/mol. The van der Waals surface area contributed by atoms with Crippen LogP contribution in [0.15, 0.2) is 42.5 Å². The summed E-state index contributed by atoms with van der Waals surface area (Å²) in [7, 11) is 1.35. The molecule has 2 amide bonds. The Bertz CT molecular complexity index is 720. The second kappa shape index (κ2) is 7.51. The molecule has 0 spiro atoms. The summed E-state index contributed by atoms with van der Waals surface area (Å²) < 4.78 is 10.1. The average Bonchev–Trinajstić information content (AvgIpc) is 2.55. The molecular formula is C16H14ClN2O4. The Morgan fingerprint density at radius 3 is 2.52 bits per heavy atom. The first-order chi connectivity index (χ1) is 11.0. The third-order valence-corrected chi connectivity index (χ3v) is 3.30. The number of hydrogen-bond acceptors (Lipinski definition) is 4. The van der Waals surface area contributed by atoms with Gasteiger partial charge in [-0.25, -0.2) is 4.79 Å². The number of carbonyl (C=O) groups excluding carboxylic acids is 2. The van der Waals surface area contributed by atoms with Crippen LogP contribution in [-0.4, -0.2) is 19.1 Å². The maximum absolute atomic E-state index is 11.8. The number of ether oxygens (including phenoxy) is 2. The first kappa shape index (κ1) is 16.6. The van der Waals surface area contributed by atoms with Crippen LogP contribution >= 0.6 is 11.6 Å². The summed E-state index contributed by atoms with van der Waals surface area (Å²) in [5, 5.41) is 2.59. The minimum absolute atomic E-state index is 0.0145. The lowest BCUT2D eigenvalue weighted by Crippen LogP contribution is -2.14. The van der Waals surface area contributed by atoms with Crippen LogP contribution in [0.4, 0.5) is 10.5 Å². The van der Waals surface area contributed by atoms with Crippen molar-refractivity contribution in [2.24, 2.45) is 0 Å². The van der Waals surface area contributed by atoms with E-state index in [2.05, 4.69) is 5.32 Å². The molecule has 0 aromatic heterocycles. The van der Waals surface area contributed by atoms with Gasteiger partial charge in [0.05, 0.1) is 23.4 Å². The Hall–Kier alpha value is -2.73. The molecule has 0 heterocycles. The lowest BCUT2D eigenvalue weighted by Gasteiger charge is -2.12. The van der Waals surface area contributed by atoms with Gasteiger partial charge >= 0.3 is 6.09 Å². The smallest absolute Gasteiger partial charge is 0.412 e. The molecule has 2 N–H and O–H groups in total. The van der Waals surface area contributed by atoms with Crippen molar-refractivity contribution in [1.29, 1.82) is 0 Å². The van der Waals surface area contributed by atoms with Gasteiger partial charge in [0.15, 0.2) is 0 Å². The third-order valence-electron chi connectivity index (χ3n) is 2.98. The molecule has 0 saturated heterocycles. The number of hydrogen-bond donors (Lipinski definition) is 1. The Morgan fingerprint density at radius 1 is 1.22 bits per heavy atom. The van der Waals surface area contributed by atoms with E-state index in [1.165, 1.54) is 19.2 Å². The van der Waals surface area contributed by atoms with Crippen LogP contribution in [-0.2, 0) is 11.3 Å². The van der Waals surface area contributed by atoms with Gasteiger partial charge in [-0.05, 0) is 11.6 Å². The highest BCUT2D eigenvalue weighted by atomic mass is 35.5. The van der Waals surface area contributed by atoms with E-state index < -0.39 is 12.0 Å². The van der Waals surface area contributed by atoms with E-state index >= 15 is 0 Å². The number of nitrogens with one attached hydrogen (secondary N) is 2. The average molecular weight is 334 g/mol. The molecule has 2 aromatic rings. The number of methoxy groups -OCH3 is 1. The van der Waals surface area contributed by atoms with Gasteiger partial charge in [0.2, 0.25) is 0 Å². The molecule has 119 valence electrons. The van der Waals surface area contributed by atoms with Gasteiger partial charge in [-0.15, -0.1) is 0 Å². The minimum Gasteiger partial charge on any atom is -0.496 e. The van der Waals surface area contributed by atoms with Gasteiger partial charge in [0.25, 0.3) is 5.91 Å². The summed E-state index contributed by atoms with van der Waals surface area (Å²) in [6.07, 6.45) is -0.692. The molecule has 0 aliphatic heterocycles. The predicted octanol–water partition coefficient (Wildman–Crippen LogP) is 3.52. The van der Waals surface area contributed by atoms with Crippen molar-refractivity contribution in [2.75, 3.05) is 12.4 Å². The normalized spacial score (nSPS) is 10.0. The number of rotatable bonds is 5. The molecule has 23 heavy (non-hydrogen) atoms. The SMILES string of the molecule is COc1cc(NC(=O)OCc2ccccc2)c(Cl)cc1C([NH])=O. The highest BCUT2D eigenvalue weighted by Gasteiger charge is 2.15. The van der Waals surface area contributed by atoms with Crippen LogP contribution in [0, 0.1) is 0 Å². The number of anilines is 1. The summed E-state index contributed by atoms with van der Waals surface area (Å²) in [6, 6.07) is 11.8. The second-order valence-electron chi connectivity index (χ2n) is 4.55. The largest absolute Gasteiger partial charge is 0.496 e. The van der Waals surface area contributed by atoms with Crippen molar-refractivity contribution in [1.82, 2.24) is 5.73 Å². The van der Waals surface area contributed by atoms with Crippen LogP contribution in [0.2, 0.25) is 5.02 Å². The Morgan fingerprint density at radius 2 is 1.91 bits per heavy atom. The van der Waals surface area contributed by atoms with Crippen LogP contribution in [0.5, 0.6) is 5.75 Å². The first-order valence-corrected chi connectivity index (χ1v) is 7.00. The van der Waals surface area contributed by atoms with Crippen molar-refractivity contribution < 1.29 is 19.1 Å². The fourth-order valence-corrected chi connectivity index (χ4v) is 2.08. The maximum atomic E-state index is 11.8. The van der Waals surface area contributed by atoms with Gasteiger partial charge in [-0.1, -0.05) is 41.9 Å². The zero-order chi connectivity index (χ0) is 16.8. The molecule has 7 heteroatoms. The van der Waals surface area contributed by atoms with E-state index in [0.29, 0.717) is 0 Å². The van der Waals surface area contributed by atoms with Gasteiger partial charge < -0.3 is 9.47 Å². The van der Waals surface area contributed by atoms with Crippen LogP contribution in [0.25, 0.3) is 0 Å². The molecule has 2 aromatic carbocycles. The molecule has 0 aliphatic rings. The Balaban J connectivity index is 2.07. The van der Waals surface area contributed by atoms with Crippen molar-refractivity contribution in [3.05, 3.63) is 58.6 Å². The predicted molar refractivity (Wildman–Crippen MR) is 85.7 cm³/mol. The van der Waals surface area contributed by atoms with Crippen molar-refractivity contribution >= 4 is 29.3 Å². The van der Waals surface area contributed by atoms with E-state index in [0.717, 1.165) is 5.56 Å². The highest BCUT2D eigenvalue weighted by Crippen LogP contribution is 2.31. The van der Waals surface area contributed by atoms with Crippen molar-refractivity contribution in [2.45, 2.75) is 6.61 Å². The maximum Gasteiger partial charge on any atom is 0.412 e. The van der Waals surface area contributed by atoms with Gasteiger partial charge in [-0.2, -0.15) is 0 Å². The van der Waals surface area contributed by atoms with Gasteiger partial charge in [-0.3, -0.25) is 15.8 Å². The number of carbonyl (C=O) groups is 2. The van der Waals surface area contributed by atoms with E-state index in [-0.39, 0.29) is 28.6 Å². The Labute approximate surface area is 138 Å². The quantitative estimate of drug-likeness (QED) is 0.906. The lowest BCUT2D eigenvalue weighted by atomic mass is 10.1. The van der Waals surface area contributed by atoms with E-state index in [4.69, 9.17) is 26.8 Å². The highest BCUT2D eigenvalue weighted by molar-refractivity contribution is 6.34. The fourth-order valence-electron chi connectivity index (χ4n) is 1.86. The van der Waals surface area contributed by atoms with Crippen molar-refractivity contribution in [3.63, 3.8) is 0 Å². The van der Waals surface area contributed by atoms with Gasteiger partial charge in [0.1, 0.15) is 12.4 Å². The summed E-state index contributed by atoms with van der Waals surface area (Å²) in [5.41, 5.74) is 8.23. The molecule has 1 radical (unpaired) electrons. The van der Waals surface area contributed by atoms with Crippen LogP contribution in [0.1, 0.15) is 15.9 Å². The number of halogens is 1. The summed E-state index contributed by atoms with van der Waals surface area (Å²) >= 11 is 6.00. The van der Waals surface area contributed by atoms with Gasteiger partial charge in [0, 0.05) is 6.07 Å². The number of amides is 2. The first-order valence-electron chi connectivity index (χ1n) is 6.62. The molecule has 6 nitrogen and oxygen atoms in total. The Kier molecular flexibility index (Phi) is 5.43. The summed E-state index contributed by atoms with van der Waals surface area (Å²) in [6.45, 7) is 0.116. The molecular weight excluding hydrogens is 320 g/mol. The summed E-state index contributed by atoms with van der Waals surface area (Å²) in [5.74, 6) is -0.783. The molecule has 2 rings (SSSR count). The van der Waals surface area contributed by atoms with E-state index in [9.17, 15) is 9.59 Å². The zero-order valence-corrected chi connectivity index (χ0v) is 13.0. The fraction of sp³-hybridized carbons (Fsp3) is 0.125. The van der Waals surface area contributed by atoms with Crippen LogP contribution < -0.4 is 15.8 Å². The van der Waals surface area contributed by atoms with Crippen LogP contribution in [0.3, 0.4) is 0 Å². The molecule has 0 unspecified atom stereocenters. The molecule has 0 aliphatic carbocycles. The third kappa shape index (κ3) is 4.37. The standard InChI is InChI=1S/C16H14ClN2O4/c1-22-14-8-13(12(17)7-11(14)15(18)20)19-16(21)23-9-10-5-3-2-4-6-10/h2-8,18H,9H2,1H3,(H,19,21). The molecule has 0 bridgehead atoms. The molecule has 0 fully saturated rings. The van der Waals surface area contributed by atoms with E-state index in [1.54, 1.807) is 0 Å². The molecule has 0 saturated carbocycles. The van der Waals surface area contributed by atoms with E-state index in [1.807, 2.05) is 30.3 Å². The topological polar surface area (TPSA) is 88.4 Å². The second-order valence-corrected chi connectivity index (χ2v) is 4.96. The van der Waals surface area contributed by atoms with Crippen molar-refractivity contribution in [3.8, 4) is 5.75 Å².